The summed E-state index contributed by atoms with van der Waals surface area (Å²) in [6, 6.07) is 0. The van der Waals surface area contributed by atoms with E-state index in [1.54, 1.807) is 20.1 Å². The third-order valence-electron chi connectivity index (χ3n) is 0.840. The first kappa shape index (κ1) is 24.5. The third-order valence-corrected chi connectivity index (χ3v) is 3.17. The summed E-state index contributed by atoms with van der Waals surface area (Å²) in [6.07, 6.45) is 2.58. The Kier molecular flexibility index (Phi) is 48.7. The van der Waals surface area contributed by atoms with Crippen LogP contribution in [0.3, 0.4) is 0 Å². The second kappa shape index (κ2) is 23.9. The van der Waals surface area contributed by atoms with Gasteiger partial charge in [-0.1, -0.05) is 6.42 Å². The average molecular weight is 270 g/mol. The Hall–Kier alpha value is 3.32. The molecule has 1 nitrogen and oxygen atoms in total. The zero-order chi connectivity index (χ0) is 6.95. The van der Waals surface area contributed by atoms with Crippen molar-refractivity contribution in [2.75, 3.05) is 6.54 Å². The lowest BCUT2D eigenvalue weighted by Gasteiger charge is -1.99. The Labute approximate surface area is 131 Å². The lowest BCUT2D eigenvalue weighted by atomic mass is 10.3. The van der Waals surface area contributed by atoms with Gasteiger partial charge >= 0.3 is 0 Å². The minimum atomic E-state index is 0. The van der Waals surface area contributed by atoms with E-state index in [1.807, 2.05) is 0 Å². The minimum absolute atomic E-state index is 0. The maximum absolute atomic E-state index is 3.22. The van der Waals surface area contributed by atoms with Crippen LogP contribution in [0.4, 0.5) is 0 Å². The van der Waals surface area contributed by atoms with Crippen molar-refractivity contribution in [2.24, 2.45) is 0 Å². The summed E-state index contributed by atoms with van der Waals surface area (Å²) in [6.45, 7) is 1.13. The first-order valence-electron chi connectivity index (χ1n) is 2.87. The van der Waals surface area contributed by atoms with Gasteiger partial charge < -0.3 is 0 Å². The fourth-order valence-electron chi connectivity index (χ4n) is 0.417. The quantitative estimate of drug-likeness (QED) is 0.320. The smallest absolute Gasteiger partial charge is 0.254 e. The molecular weight excluding hydrogens is 261 g/mol. The van der Waals surface area contributed by atoms with Gasteiger partial charge in [-0.3, -0.25) is 4.72 Å². The van der Waals surface area contributed by atoms with Crippen LogP contribution in [0.2, 0.25) is 5.28 Å². The van der Waals surface area contributed by atoms with Crippen LogP contribution in [0.5, 0.6) is 0 Å². The number of nitrogens with one attached hydrogen (secondary N) is 1. The molecule has 0 saturated carbocycles. The molecule has 8 heteroatoms. The Morgan fingerprint density at radius 1 is 1.08 bits per heavy atom. The van der Waals surface area contributed by atoms with E-state index in [2.05, 4.69) is 36.2 Å². The topological polar surface area (TPSA) is 12.0 Å². The molecule has 0 aromatic rings. The maximum Gasteiger partial charge on any atom is 0.254 e. The zero-order valence-electron chi connectivity index (χ0n) is 7.03. The highest BCUT2D eigenvalue weighted by Crippen LogP contribution is 2.09. The summed E-state index contributed by atoms with van der Waals surface area (Å²) in [5.41, 5.74) is 0. The van der Waals surface area contributed by atoms with Crippen LogP contribution in [0.15, 0.2) is 0 Å². The van der Waals surface area contributed by atoms with Crippen molar-refractivity contribution < 1.29 is 0 Å². The first-order chi connectivity index (χ1) is 4.41. The van der Waals surface area contributed by atoms with E-state index < -0.39 is 0 Å². The van der Waals surface area contributed by atoms with Crippen molar-refractivity contribution in [1.82, 2.24) is 4.72 Å². The van der Waals surface area contributed by atoms with Gasteiger partial charge in [0.25, 0.3) is 15.2 Å². The summed E-state index contributed by atoms with van der Waals surface area (Å²) < 4.78 is 3.22. The molecule has 57 valence electrons. The van der Waals surface area contributed by atoms with Gasteiger partial charge in [-0.25, -0.2) is 9.16 Å². The van der Waals surface area contributed by atoms with Crippen LogP contribution in [0, 0.1) is 0 Å². The van der Waals surface area contributed by atoms with E-state index in [1.165, 1.54) is 18.1 Å². The maximum atomic E-state index is 3.22. The zero-order valence-corrected chi connectivity index (χ0v) is 14.4. The monoisotopic (exact) mass is 270 g/mol. The van der Waals surface area contributed by atoms with Crippen LogP contribution in [0.25, 0.3) is 0 Å². The largest absolute Gasteiger partial charge is 0.256 e. The lowest BCUT2D eigenvalue weighted by Crippen LogP contribution is -2.02. The molecular formula is C4H9Al5NS2. The van der Waals surface area contributed by atoms with Crippen LogP contribution in [-0.4, -0.2) is 90.1 Å². The molecule has 0 aromatic heterocycles. The van der Waals surface area contributed by atoms with E-state index in [4.69, 9.17) is 0 Å². The molecule has 0 atom stereocenters. The molecule has 0 fully saturated rings. The van der Waals surface area contributed by atoms with E-state index in [0.29, 0.717) is 0 Å². The summed E-state index contributed by atoms with van der Waals surface area (Å²) in [5, 5.41) is 1.22. The molecule has 0 rings (SSSR count). The molecule has 0 bridgehead atoms. The van der Waals surface area contributed by atoms with Crippen molar-refractivity contribution in [1.29, 1.82) is 0 Å². The molecule has 0 unspecified atom stereocenters. The number of hydrogen-bond donors (Lipinski definition) is 1. The summed E-state index contributed by atoms with van der Waals surface area (Å²) in [7, 11) is 3.36. The second-order valence-electron chi connectivity index (χ2n) is 1.57. The second-order valence-corrected chi connectivity index (χ2v) is 5.60. The van der Waals surface area contributed by atoms with Gasteiger partial charge in [-0.05, 0) is 17.4 Å². The summed E-state index contributed by atoms with van der Waals surface area (Å²) >= 11 is 5.32. The molecule has 1 N–H and O–H groups in total. The van der Waals surface area contributed by atoms with Gasteiger partial charge in [0.2, 0.25) is 0 Å². The lowest BCUT2D eigenvalue weighted by molar-refractivity contribution is 0.777. The fourth-order valence-corrected chi connectivity index (χ4v) is 2.07. The van der Waals surface area contributed by atoms with E-state index in [-0.39, 0.29) is 52.1 Å². The number of unbranched alkanes of at least 4 members (excludes halogenated alkanes) is 1. The molecule has 0 saturated heterocycles. The summed E-state index contributed by atoms with van der Waals surface area (Å²) in [5.74, 6) is 0. The van der Waals surface area contributed by atoms with E-state index >= 15 is 0 Å². The minimum Gasteiger partial charge on any atom is -0.256 e. The van der Waals surface area contributed by atoms with Gasteiger partial charge in [0.1, 0.15) is 16.3 Å². The van der Waals surface area contributed by atoms with Crippen LogP contribution in [0.1, 0.15) is 12.8 Å². The highest BCUT2D eigenvalue weighted by atomic mass is 33.2. The number of hydrogen-bond acceptors (Lipinski definition) is 3. The predicted octanol–water partition coefficient (Wildman–Crippen LogP) is 0.180. The fraction of sp³-hybridized carbons (Fsp3) is 1.00. The van der Waals surface area contributed by atoms with Crippen molar-refractivity contribution >= 4 is 104 Å². The van der Waals surface area contributed by atoms with Gasteiger partial charge in [0, 0.05) is 58.6 Å². The first-order valence-corrected chi connectivity index (χ1v) is 7.31. The molecule has 0 aliphatic carbocycles. The van der Waals surface area contributed by atoms with E-state index in [0.717, 1.165) is 6.54 Å². The molecule has 12 heavy (non-hydrogen) atoms. The van der Waals surface area contributed by atoms with Crippen LogP contribution < -0.4 is 4.72 Å². The normalized spacial score (nSPS) is 7.33. The number of rotatable bonds is 6. The van der Waals surface area contributed by atoms with Crippen molar-refractivity contribution in [3.05, 3.63) is 0 Å². The van der Waals surface area contributed by atoms with Crippen molar-refractivity contribution in [2.45, 2.75) is 18.1 Å². The van der Waals surface area contributed by atoms with Crippen molar-refractivity contribution in [3.63, 3.8) is 0 Å². The van der Waals surface area contributed by atoms with Crippen molar-refractivity contribution in [3.8, 4) is 0 Å². The Morgan fingerprint density at radius 2 is 1.67 bits per heavy atom. The molecule has 0 spiro atoms. The Morgan fingerprint density at radius 3 is 2.08 bits per heavy atom. The van der Waals surface area contributed by atoms with Gasteiger partial charge in [-0.2, -0.15) is 0 Å². The van der Waals surface area contributed by atoms with Gasteiger partial charge in [-0.15, -0.1) is 5.28 Å². The molecule has 13 radical (unpaired) electrons. The SMILES string of the molecule is [Al].[Al].[Al].[Al][CH2]CCCNS[S][Al]. The predicted molar refractivity (Wildman–Crippen MR) is 66.0 cm³/mol. The molecule has 0 aliphatic heterocycles. The summed E-state index contributed by atoms with van der Waals surface area (Å²) in [4.78, 5) is 0. The standard InChI is InChI=1S/C4H10NS2.5Al/c1-2-3-4-5-7-6;;;;;/h5-6H,1-4H2;;;;;/q;;;;;+1/p-1. The van der Waals surface area contributed by atoms with Gasteiger partial charge in [0.15, 0.2) is 0 Å². The van der Waals surface area contributed by atoms with Gasteiger partial charge in [0.05, 0.1) is 0 Å². The average Bonchev–Trinajstić information content (AvgIpc) is 1.89. The molecule has 0 aliphatic rings. The highest BCUT2D eigenvalue weighted by Gasteiger charge is 1.83. The Balaban J connectivity index is -0.000000107. The van der Waals surface area contributed by atoms with Crippen LogP contribution >= 0.6 is 20.1 Å². The highest BCUT2D eigenvalue weighted by molar-refractivity contribution is 8.83. The molecule has 0 amide bonds. The Bertz CT molecular complexity index is 54.7. The molecule has 0 aromatic carbocycles. The van der Waals surface area contributed by atoms with Crippen LogP contribution in [-0.2, 0) is 0 Å². The van der Waals surface area contributed by atoms with E-state index in [9.17, 15) is 0 Å². The molecule has 0 heterocycles. The third kappa shape index (κ3) is 23.3.